The molecule has 5 heteroatoms. The smallest absolute Gasteiger partial charge is 0.482 e. The van der Waals surface area contributed by atoms with E-state index in [4.69, 9.17) is 8.21 Å². The normalized spacial score (nSPS) is 10.1. The van der Waals surface area contributed by atoms with E-state index in [-0.39, 0.29) is 0 Å². The van der Waals surface area contributed by atoms with Crippen LogP contribution in [0.4, 0.5) is 0 Å². The van der Waals surface area contributed by atoms with Crippen molar-refractivity contribution in [2.75, 3.05) is 0 Å². The van der Waals surface area contributed by atoms with Crippen LogP contribution in [-0.4, -0.2) is 26.8 Å². The fraction of sp³-hybridized carbons (Fsp3) is 0.111. The number of benzene rings is 1. The van der Waals surface area contributed by atoms with E-state index in [9.17, 15) is 0 Å². The molecule has 1 heterocycles. The molecule has 0 aliphatic carbocycles. The maximum atomic E-state index is 5.30. The lowest BCUT2D eigenvalue weighted by Gasteiger charge is -2.05. The quantitative estimate of drug-likeness (QED) is 0.692. The molecule has 2 rings (SSSR count). The molecule has 4 nitrogen and oxygen atoms in total. The molecule has 1 aromatic carbocycles. The van der Waals surface area contributed by atoms with Crippen molar-refractivity contribution in [3.8, 4) is 17.2 Å². The second-order valence-corrected chi connectivity index (χ2v) is 2.98. The van der Waals surface area contributed by atoms with Crippen LogP contribution in [0.5, 0.6) is 5.75 Å². The molecule has 1 aromatic heterocycles. The Kier molecular flexibility index (Phi) is 2.53. The van der Waals surface area contributed by atoms with Crippen LogP contribution in [0, 0.1) is 6.92 Å². The predicted octanol–water partition coefficient (Wildman–Crippen LogP) is 1.51. The molecule has 0 aliphatic heterocycles. The van der Waals surface area contributed by atoms with Crippen molar-refractivity contribution in [3.05, 3.63) is 30.2 Å². The third-order valence-corrected chi connectivity index (χ3v) is 2.02. The topological polar surface area (TPSA) is 48.2 Å². The van der Waals surface area contributed by atoms with E-state index in [2.05, 4.69) is 26.8 Å². The second-order valence-electron chi connectivity index (χ2n) is 2.74. The van der Waals surface area contributed by atoms with Gasteiger partial charge < -0.3 is 8.21 Å². The number of hydrogen-bond donors (Lipinski definition) is 0. The minimum atomic E-state index is 0.473. The molecular weight excluding hydrogens is 195 g/mol. The van der Waals surface area contributed by atoms with E-state index in [0.29, 0.717) is 17.5 Å². The van der Waals surface area contributed by atoms with Gasteiger partial charge in [-0.05, 0) is 12.1 Å². The van der Waals surface area contributed by atoms with Gasteiger partial charge in [-0.2, -0.15) is 0 Å². The highest BCUT2D eigenvalue weighted by molar-refractivity contribution is 6.00. The standard InChI is InChI=1S/C9H8N2O2.Al/c1-6-10-11-9(13-6)7-4-2-3-5-8(7)12;/h2-5,12H,1H3;/q;+1/p-1. The van der Waals surface area contributed by atoms with Crippen molar-refractivity contribution in [2.45, 2.75) is 6.92 Å². The molecule has 0 saturated heterocycles. The fourth-order valence-electron chi connectivity index (χ4n) is 1.15. The first-order chi connectivity index (χ1) is 6.81. The summed E-state index contributed by atoms with van der Waals surface area (Å²) in [6, 6.07) is 7.47. The van der Waals surface area contributed by atoms with Crippen LogP contribution in [0.3, 0.4) is 0 Å². The summed E-state index contributed by atoms with van der Waals surface area (Å²) in [7, 11) is 0. The fourth-order valence-corrected chi connectivity index (χ4v) is 1.36. The summed E-state index contributed by atoms with van der Waals surface area (Å²) >= 11 is 2.20. The van der Waals surface area contributed by atoms with Gasteiger partial charge in [0.2, 0.25) is 5.89 Å². The second kappa shape index (κ2) is 3.83. The van der Waals surface area contributed by atoms with Crippen LogP contribution >= 0.6 is 0 Å². The number of nitrogens with zero attached hydrogens (tertiary/aromatic N) is 2. The number of hydrogen-bond acceptors (Lipinski definition) is 4. The van der Waals surface area contributed by atoms with Crippen molar-refractivity contribution in [1.29, 1.82) is 0 Å². The summed E-state index contributed by atoms with van der Waals surface area (Å²) in [5.74, 6) is 1.71. The average Bonchev–Trinajstić information content (AvgIpc) is 2.65. The molecule has 0 unspecified atom stereocenters. The zero-order chi connectivity index (χ0) is 9.97. The molecule has 0 spiro atoms. The first-order valence-electron chi connectivity index (χ1n) is 4.07. The largest absolute Gasteiger partial charge is 0.653 e. The van der Waals surface area contributed by atoms with Crippen molar-refractivity contribution in [1.82, 2.24) is 10.2 Å². The molecule has 2 aromatic rings. The van der Waals surface area contributed by atoms with E-state index < -0.39 is 0 Å². The minimum absolute atomic E-state index is 0.473. The van der Waals surface area contributed by atoms with Crippen LogP contribution in [0.25, 0.3) is 11.5 Å². The number of aryl methyl sites for hydroxylation is 1. The monoisotopic (exact) mass is 202 g/mol. The summed E-state index contributed by atoms with van der Waals surface area (Å²) in [6.45, 7) is 1.75. The van der Waals surface area contributed by atoms with Crippen molar-refractivity contribution < 1.29 is 8.21 Å². The average molecular weight is 202 g/mol. The molecule has 0 amide bonds. The highest BCUT2D eigenvalue weighted by Crippen LogP contribution is 2.27. The Morgan fingerprint density at radius 3 is 2.71 bits per heavy atom. The molecule has 0 atom stereocenters. The Balaban J connectivity index is 2.50. The zero-order valence-corrected chi connectivity index (χ0v) is 8.75. The van der Waals surface area contributed by atoms with Gasteiger partial charge in [0.05, 0.1) is 11.3 Å². The minimum Gasteiger partial charge on any atom is -0.653 e. The van der Waals surface area contributed by atoms with Gasteiger partial charge in [0, 0.05) is 6.92 Å². The van der Waals surface area contributed by atoms with Crippen molar-refractivity contribution in [2.24, 2.45) is 0 Å². The molecule has 68 valence electrons. The molecular formula is C9H7AlN2O2. The lowest BCUT2D eigenvalue weighted by Crippen LogP contribution is -1.88. The molecule has 14 heavy (non-hydrogen) atoms. The molecule has 0 bridgehead atoms. The number of rotatable bonds is 2. The Morgan fingerprint density at radius 1 is 1.29 bits per heavy atom. The maximum absolute atomic E-state index is 5.30. The predicted molar refractivity (Wildman–Crippen MR) is 50.9 cm³/mol. The van der Waals surface area contributed by atoms with Crippen molar-refractivity contribution >= 4 is 16.6 Å². The highest BCUT2D eigenvalue weighted by atomic mass is 27.1. The van der Waals surface area contributed by atoms with Crippen LogP contribution in [0.15, 0.2) is 28.7 Å². The third-order valence-electron chi connectivity index (χ3n) is 1.77. The Morgan fingerprint density at radius 2 is 2.07 bits per heavy atom. The Hall–Kier alpha value is -1.31. The highest BCUT2D eigenvalue weighted by Gasteiger charge is 2.09. The summed E-state index contributed by atoms with van der Waals surface area (Å²) in [6.07, 6.45) is 0. The maximum Gasteiger partial charge on any atom is 0.482 e. The zero-order valence-electron chi connectivity index (χ0n) is 7.60. The van der Waals surface area contributed by atoms with Crippen LogP contribution in [-0.2, 0) is 0 Å². The summed E-state index contributed by atoms with van der Waals surface area (Å²) < 4.78 is 10.4. The van der Waals surface area contributed by atoms with E-state index in [1.807, 2.05) is 24.3 Å². The van der Waals surface area contributed by atoms with Gasteiger partial charge in [-0.25, -0.2) is 0 Å². The van der Waals surface area contributed by atoms with Gasteiger partial charge in [0.1, 0.15) is 0 Å². The first kappa shape index (κ1) is 9.26. The lowest BCUT2D eigenvalue weighted by molar-refractivity contribution is 0.528. The van der Waals surface area contributed by atoms with E-state index >= 15 is 0 Å². The molecule has 0 aliphatic rings. The molecule has 0 saturated carbocycles. The molecule has 0 fully saturated rings. The molecule has 2 radical (unpaired) electrons. The van der Waals surface area contributed by atoms with Gasteiger partial charge in [-0.15, -0.1) is 10.2 Å². The van der Waals surface area contributed by atoms with Gasteiger partial charge in [-0.1, -0.05) is 12.1 Å². The van der Waals surface area contributed by atoms with Crippen molar-refractivity contribution in [3.63, 3.8) is 0 Å². The summed E-state index contributed by atoms with van der Waals surface area (Å²) in [5.41, 5.74) is 0.795. The molecule has 0 N–H and O–H groups in total. The third kappa shape index (κ3) is 1.65. The number of para-hydroxylation sites is 1. The van der Waals surface area contributed by atoms with Gasteiger partial charge in [0.25, 0.3) is 5.89 Å². The van der Waals surface area contributed by atoms with E-state index in [1.54, 1.807) is 6.92 Å². The van der Waals surface area contributed by atoms with Gasteiger partial charge in [0.15, 0.2) is 0 Å². The van der Waals surface area contributed by atoms with Gasteiger partial charge in [-0.3, -0.25) is 0 Å². The Bertz CT molecular complexity index is 442. The van der Waals surface area contributed by atoms with Crippen LogP contribution in [0.1, 0.15) is 5.89 Å². The van der Waals surface area contributed by atoms with Crippen LogP contribution < -0.4 is 3.79 Å². The summed E-state index contributed by atoms with van der Waals surface area (Å²) in [4.78, 5) is 0. The Labute approximate surface area is 89.7 Å². The van der Waals surface area contributed by atoms with E-state index in [0.717, 1.165) is 5.56 Å². The number of aromatic nitrogens is 2. The first-order valence-corrected chi connectivity index (χ1v) is 4.54. The van der Waals surface area contributed by atoms with Crippen LogP contribution in [0.2, 0.25) is 0 Å². The van der Waals surface area contributed by atoms with E-state index in [1.165, 1.54) is 0 Å². The SMILES string of the molecule is Cc1nnc(-c2ccccc2[O][Al])o1. The lowest BCUT2D eigenvalue weighted by atomic mass is 10.2. The summed E-state index contributed by atoms with van der Waals surface area (Å²) in [5, 5.41) is 7.68. The van der Waals surface area contributed by atoms with Gasteiger partial charge >= 0.3 is 16.6 Å².